The summed E-state index contributed by atoms with van der Waals surface area (Å²) in [6.07, 6.45) is 0.274. The molecule has 0 aliphatic heterocycles. The molecule has 0 aliphatic rings. The van der Waals surface area contributed by atoms with E-state index in [0.29, 0.717) is 6.61 Å². The summed E-state index contributed by atoms with van der Waals surface area (Å²) in [5.41, 5.74) is 4.05. The highest BCUT2D eigenvalue weighted by atomic mass is 79.9. The number of rotatable bonds is 5. The van der Waals surface area contributed by atoms with Gasteiger partial charge in [-0.3, -0.25) is 10.2 Å². The number of amides is 1. The van der Waals surface area contributed by atoms with Crippen LogP contribution in [0, 0.1) is 0 Å². The molecule has 0 saturated heterocycles. The first-order valence-corrected chi connectivity index (χ1v) is 7.82. The number of carbonyl (C=O) groups excluding carboxylic acids is 1. The normalized spacial score (nSPS) is 10.2. The molecule has 0 aliphatic carbocycles. The standard InChI is InChI=1S/C15H14Br2N2O2/c16-12-5-6-14(13(17)8-12)21-9-11-3-1-10(2-4-11)7-15(20)19-18/h1-6,8H,7,9,18H2,(H,19,20). The largest absolute Gasteiger partial charge is 0.488 e. The molecule has 0 bridgehead atoms. The van der Waals surface area contributed by atoms with E-state index in [2.05, 4.69) is 37.3 Å². The molecule has 3 N–H and O–H groups in total. The van der Waals surface area contributed by atoms with Gasteiger partial charge in [-0.1, -0.05) is 40.2 Å². The Hall–Kier alpha value is -1.37. The molecular weight excluding hydrogens is 400 g/mol. The zero-order valence-corrected chi connectivity index (χ0v) is 14.3. The summed E-state index contributed by atoms with van der Waals surface area (Å²) in [7, 11) is 0. The fraction of sp³-hybridized carbons (Fsp3) is 0.133. The van der Waals surface area contributed by atoms with Crippen LogP contribution in [0.15, 0.2) is 51.4 Å². The molecule has 110 valence electrons. The van der Waals surface area contributed by atoms with E-state index in [4.69, 9.17) is 10.6 Å². The molecule has 2 aromatic rings. The van der Waals surface area contributed by atoms with Gasteiger partial charge in [0.05, 0.1) is 10.9 Å². The Morgan fingerprint density at radius 3 is 2.38 bits per heavy atom. The third kappa shape index (κ3) is 4.84. The van der Waals surface area contributed by atoms with Crippen molar-refractivity contribution >= 4 is 37.8 Å². The lowest BCUT2D eigenvalue weighted by molar-refractivity contribution is -0.120. The molecule has 0 spiro atoms. The van der Waals surface area contributed by atoms with Gasteiger partial charge < -0.3 is 4.74 Å². The molecule has 0 fully saturated rings. The monoisotopic (exact) mass is 412 g/mol. The first-order chi connectivity index (χ1) is 10.1. The summed E-state index contributed by atoms with van der Waals surface area (Å²) < 4.78 is 7.64. The maximum Gasteiger partial charge on any atom is 0.238 e. The van der Waals surface area contributed by atoms with Gasteiger partial charge >= 0.3 is 0 Å². The van der Waals surface area contributed by atoms with Crippen LogP contribution in [0.4, 0.5) is 0 Å². The fourth-order valence-electron chi connectivity index (χ4n) is 1.74. The molecule has 6 heteroatoms. The van der Waals surface area contributed by atoms with Gasteiger partial charge in [-0.25, -0.2) is 5.84 Å². The summed E-state index contributed by atoms with van der Waals surface area (Å²) in [6, 6.07) is 13.4. The van der Waals surface area contributed by atoms with Crippen molar-refractivity contribution < 1.29 is 9.53 Å². The predicted molar refractivity (Wildman–Crippen MR) is 88.7 cm³/mol. The van der Waals surface area contributed by atoms with Crippen molar-refractivity contribution in [3.8, 4) is 5.75 Å². The zero-order chi connectivity index (χ0) is 15.2. The second-order valence-electron chi connectivity index (χ2n) is 4.42. The molecule has 4 nitrogen and oxygen atoms in total. The molecule has 21 heavy (non-hydrogen) atoms. The number of carbonyl (C=O) groups is 1. The lowest BCUT2D eigenvalue weighted by Crippen LogP contribution is -2.31. The van der Waals surface area contributed by atoms with Gasteiger partial charge in [0.1, 0.15) is 12.4 Å². The number of benzene rings is 2. The third-order valence-corrected chi connectivity index (χ3v) is 3.95. The van der Waals surface area contributed by atoms with Crippen LogP contribution in [0.25, 0.3) is 0 Å². The van der Waals surface area contributed by atoms with Crippen LogP contribution in [-0.4, -0.2) is 5.91 Å². The molecule has 0 aromatic heterocycles. The van der Waals surface area contributed by atoms with Crippen molar-refractivity contribution in [2.75, 3.05) is 0 Å². The number of hydrogen-bond acceptors (Lipinski definition) is 3. The van der Waals surface area contributed by atoms with Gasteiger partial charge in [0.15, 0.2) is 0 Å². The summed E-state index contributed by atoms with van der Waals surface area (Å²) >= 11 is 6.85. The zero-order valence-electron chi connectivity index (χ0n) is 11.1. The molecule has 2 aromatic carbocycles. The molecule has 2 rings (SSSR count). The summed E-state index contributed by atoms with van der Waals surface area (Å²) in [5.74, 6) is 5.63. The maximum atomic E-state index is 11.2. The SMILES string of the molecule is NNC(=O)Cc1ccc(COc2ccc(Br)cc2Br)cc1. The second-order valence-corrected chi connectivity index (χ2v) is 6.19. The van der Waals surface area contributed by atoms with E-state index in [-0.39, 0.29) is 12.3 Å². The molecular formula is C15H14Br2N2O2. The Balaban J connectivity index is 1.96. The van der Waals surface area contributed by atoms with Crippen molar-refractivity contribution in [1.82, 2.24) is 5.43 Å². The van der Waals surface area contributed by atoms with Crippen LogP contribution < -0.4 is 16.0 Å². The van der Waals surface area contributed by atoms with E-state index in [1.165, 1.54) is 0 Å². The highest BCUT2D eigenvalue weighted by Gasteiger charge is 2.04. The van der Waals surface area contributed by atoms with Crippen LogP contribution >= 0.6 is 31.9 Å². The molecule has 1 amide bonds. The van der Waals surface area contributed by atoms with Crippen molar-refractivity contribution in [2.45, 2.75) is 13.0 Å². The number of nitrogens with one attached hydrogen (secondary N) is 1. The number of hydrazine groups is 1. The van der Waals surface area contributed by atoms with Gasteiger partial charge in [0.2, 0.25) is 5.91 Å². The molecule has 0 unspecified atom stereocenters. The summed E-state index contributed by atoms with van der Waals surface area (Å²) in [5, 5.41) is 0. The smallest absolute Gasteiger partial charge is 0.238 e. The lowest BCUT2D eigenvalue weighted by atomic mass is 10.1. The topological polar surface area (TPSA) is 64.3 Å². The molecule has 0 atom stereocenters. The second kappa shape index (κ2) is 7.59. The van der Waals surface area contributed by atoms with Crippen LogP contribution in [0.2, 0.25) is 0 Å². The van der Waals surface area contributed by atoms with E-state index < -0.39 is 0 Å². The Bertz CT molecular complexity index is 630. The predicted octanol–water partition coefficient (Wildman–Crippen LogP) is 3.32. The Kier molecular flexibility index (Phi) is 5.78. The van der Waals surface area contributed by atoms with Gasteiger partial charge in [0, 0.05) is 4.47 Å². The van der Waals surface area contributed by atoms with Crippen LogP contribution in [-0.2, 0) is 17.8 Å². The van der Waals surface area contributed by atoms with Crippen LogP contribution in [0.3, 0.4) is 0 Å². The number of ether oxygens (including phenoxy) is 1. The number of nitrogens with two attached hydrogens (primary N) is 1. The van der Waals surface area contributed by atoms with Gasteiger partial charge in [0.25, 0.3) is 0 Å². The van der Waals surface area contributed by atoms with Gasteiger partial charge in [-0.2, -0.15) is 0 Å². The van der Waals surface area contributed by atoms with E-state index in [1.807, 2.05) is 42.5 Å². The van der Waals surface area contributed by atoms with Crippen molar-refractivity contribution in [3.63, 3.8) is 0 Å². The first-order valence-electron chi connectivity index (χ1n) is 6.23. The number of halogens is 2. The minimum atomic E-state index is -0.210. The molecule has 0 radical (unpaired) electrons. The minimum Gasteiger partial charge on any atom is -0.488 e. The molecule has 0 heterocycles. The third-order valence-electron chi connectivity index (χ3n) is 2.84. The average Bonchev–Trinajstić information content (AvgIpc) is 2.48. The van der Waals surface area contributed by atoms with Crippen molar-refractivity contribution in [2.24, 2.45) is 5.84 Å². The average molecular weight is 414 g/mol. The molecule has 0 saturated carbocycles. The first kappa shape index (κ1) is 16.0. The highest BCUT2D eigenvalue weighted by Crippen LogP contribution is 2.28. The quantitative estimate of drug-likeness (QED) is 0.449. The Labute approximate surface area is 139 Å². The van der Waals surface area contributed by atoms with Gasteiger partial charge in [-0.05, 0) is 45.3 Å². The van der Waals surface area contributed by atoms with E-state index in [0.717, 1.165) is 25.8 Å². The maximum absolute atomic E-state index is 11.2. The minimum absolute atomic E-state index is 0.210. The number of hydrogen-bond donors (Lipinski definition) is 2. The Morgan fingerprint density at radius 1 is 1.10 bits per heavy atom. The summed E-state index contributed by atoms with van der Waals surface area (Å²) in [6.45, 7) is 0.462. The van der Waals surface area contributed by atoms with E-state index >= 15 is 0 Å². The highest BCUT2D eigenvalue weighted by molar-refractivity contribution is 9.11. The lowest BCUT2D eigenvalue weighted by Gasteiger charge is -2.09. The van der Waals surface area contributed by atoms with Crippen molar-refractivity contribution in [3.05, 3.63) is 62.5 Å². The van der Waals surface area contributed by atoms with Crippen LogP contribution in [0.1, 0.15) is 11.1 Å². The van der Waals surface area contributed by atoms with Crippen LogP contribution in [0.5, 0.6) is 5.75 Å². The van der Waals surface area contributed by atoms with Crippen molar-refractivity contribution in [1.29, 1.82) is 0 Å². The Morgan fingerprint density at radius 2 is 1.76 bits per heavy atom. The fourth-order valence-corrected chi connectivity index (χ4v) is 2.90. The van der Waals surface area contributed by atoms with E-state index in [1.54, 1.807) is 0 Å². The summed E-state index contributed by atoms with van der Waals surface area (Å²) in [4.78, 5) is 11.2. The van der Waals surface area contributed by atoms with Gasteiger partial charge in [-0.15, -0.1) is 0 Å². The van der Waals surface area contributed by atoms with E-state index in [9.17, 15) is 4.79 Å².